The smallest absolute Gasteiger partial charge is 0.323 e. The fourth-order valence-corrected chi connectivity index (χ4v) is 2.47. The highest BCUT2D eigenvalue weighted by molar-refractivity contribution is 5.75. The average molecular weight is 255 g/mol. The van der Waals surface area contributed by atoms with E-state index in [9.17, 15) is 4.79 Å². The van der Waals surface area contributed by atoms with Crippen LogP contribution in [0.5, 0.6) is 0 Å². The van der Waals surface area contributed by atoms with Gasteiger partial charge < -0.3 is 10.1 Å². The van der Waals surface area contributed by atoms with Gasteiger partial charge in [-0.3, -0.25) is 4.79 Å². The Kier molecular flexibility index (Phi) is 5.64. The maximum atomic E-state index is 11.9. The van der Waals surface area contributed by atoms with Crippen LogP contribution in [0.4, 0.5) is 0 Å². The lowest BCUT2D eigenvalue weighted by molar-refractivity contribution is -0.157. The molecule has 1 fully saturated rings. The normalized spacial score (nSPS) is 27.4. The van der Waals surface area contributed by atoms with E-state index >= 15 is 0 Å². The van der Waals surface area contributed by atoms with Gasteiger partial charge in [0.25, 0.3) is 0 Å². The lowest BCUT2D eigenvalue weighted by Gasteiger charge is -2.25. The highest BCUT2D eigenvalue weighted by atomic mass is 16.6. The van der Waals surface area contributed by atoms with Gasteiger partial charge in [0.1, 0.15) is 11.6 Å². The summed E-state index contributed by atoms with van der Waals surface area (Å²) < 4.78 is 5.39. The fourth-order valence-electron chi connectivity index (χ4n) is 2.47. The second-order valence-electron chi connectivity index (χ2n) is 6.73. The summed E-state index contributed by atoms with van der Waals surface area (Å²) in [7, 11) is 0. The van der Waals surface area contributed by atoms with E-state index in [4.69, 9.17) is 4.74 Å². The Labute approximate surface area is 112 Å². The van der Waals surface area contributed by atoms with E-state index in [1.807, 2.05) is 27.7 Å². The van der Waals surface area contributed by atoms with Crippen molar-refractivity contribution < 1.29 is 9.53 Å². The van der Waals surface area contributed by atoms with Crippen molar-refractivity contribution in [1.82, 2.24) is 5.32 Å². The lowest BCUT2D eigenvalue weighted by Crippen LogP contribution is -2.44. The second kappa shape index (κ2) is 6.55. The van der Waals surface area contributed by atoms with E-state index in [1.165, 1.54) is 32.1 Å². The molecule has 0 amide bonds. The first-order valence-corrected chi connectivity index (χ1v) is 7.27. The molecule has 0 heterocycles. The van der Waals surface area contributed by atoms with Crippen molar-refractivity contribution in [1.29, 1.82) is 0 Å². The fraction of sp³-hybridized carbons (Fsp3) is 0.933. The molecule has 3 atom stereocenters. The molecule has 1 N–H and O–H groups in total. The maximum Gasteiger partial charge on any atom is 0.323 e. The van der Waals surface area contributed by atoms with Crippen LogP contribution in [0.15, 0.2) is 0 Å². The molecule has 0 saturated heterocycles. The number of esters is 1. The van der Waals surface area contributed by atoms with E-state index < -0.39 is 5.60 Å². The molecule has 3 heteroatoms. The summed E-state index contributed by atoms with van der Waals surface area (Å²) in [5.74, 6) is 0.688. The van der Waals surface area contributed by atoms with E-state index in [0.29, 0.717) is 6.04 Å². The van der Waals surface area contributed by atoms with E-state index in [0.717, 1.165) is 5.92 Å². The molecule has 1 aliphatic carbocycles. The van der Waals surface area contributed by atoms with E-state index in [1.54, 1.807) is 0 Å². The van der Waals surface area contributed by atoms with Crippen LogP contribution in [0.1, 0.15) is 66.7 Å². The van der Waals surface area contributed by atoms with Gasteiger partial charge in [0, 0.05) is 6.04 Å². The third-order valence-corrected chi connectivity index (χ3v) is 3.50. The number of hydrogen-bond donors (Lipinski definition) is 1. The predicted octanol–water partition coefficient (Wildman–Crippen LogP) is 3.28. The largest absolute Gasteiger partial charge is 0.459 e. The number of nitrogens with one attached hydrogen (secondary N) is 1. The maximum absolute atomic E-state index is 11.9. The van der Waals surface area contributed by atoms with Crippen molar-refractivity contribution in [2.45, 2.75) is 84.4 Å². The summed E-state index contributed by atoms with van der Waals surface area (Å²) in [6.07, 6.45) is 6.20. The third kappa shape index (κ3) is 5.85. The van der Waals surface area contributed by atoms with Gasteiger partial charge in [-0.15, -0.1) is 0 Å². The van der Waals surface area contributed by atoms with Crippen LogP contribution in [-0.2, 0) is 9.53 Å². The standard InChI is InChI=1S/C15H29NO2/c1-11-7-6-8-13(10-9-11)16-12(2)14(17)18-15(3,4)5/h11-13,16H,6-10H2,1-5H3. The van der Waals surface area contributed by atoms with Gasteiger partial charge in [-0.05, 0) is 52.9 Å². The number of carbonyl (C=O) groups excluding carboxylic acids is 1. The van der Waals surface area contributed by atoms with Crippen molar-refractivity contribution >= 4 is 5.97 Å². The van der Waals surface area contributed by atoms with Crippen LogP contribution in [0.25, 0.3) is 0 Å². The van der Waals surface area contributed by atoms with Crippen molar-refractivity contribution in [2.75, 3.05) is 0 Å². The van der Waals surface area contributed by atoms with Gasteiger partial charge in [-0.1, -0.05) is 19.8 Å². The van der Waals surface area contributed by atoms with Gasteiger partial charge >= 0.3 is 5.97 Å². The Hall–Kier alpha value is -0.570. The Morgan fingerprint density at radius 2 is 1.89 bits per heavy atom. The van der Waals surface area contributed by atoms with E-state index in [-0.39, 0.29) is 12.0 Å². The van der Waals surface area contributed by atoms with Crippen LogP contribution < -0.4 is 5.32 Å². The minimum Gasteiger partial charge on any atom is -0.459 e. The number of hydrogen-bond acceptors (Lipinski definition) is 3. The number of carbonyl (C=O) groups is 1. The molecule has 0 spiro atoms. The van der Waals surface area contributed by atoms with Gasteiger partial charge in [-0.25, -0.2) is 0 Å². The molecular formula is C15H29NO2. The monoisotopic (exact) mass is 255 g/mol. The first-order chi connectivity index (χ1) is 8.28. The molecular weight excluding hydrogens is 226 g/mol. The summed E-state index contributed by atoms with van der Waals surface area (Å²) in [4.78, 5) is 11.9. The van der Waals surface area contributed by atoms with Crippen LogP contribution in [-0.4, -0.2) is 23.7 Å². The zero-order valence-electron chi connectivity index (χ0n) is 12.6. The average Bonchev–Trinajstić information content (AvgIpc) is 2.41. The zero-order chi connectivity index (χ0) is 13.8. The molecule has 0 aromatic carbocycles. The molecule has 0 aliphatic heterocycles. The molecule has 1 saturated carbocycles. The molecule has 0 aromatic rings. The first-order valence-electron chi connectivity index (χ1n) is 7.27. The van der Waals surface area contributed by atoms with Crippen molar-refractivity contribution in [3.63, 3.8) is 0 Å². The molecule has 1 aliphatic rings. The first kappa shape index (κ1) is 15.5. The van der Waals surface area contributed by atoms with Crippen LogP contribution in [0, 0.1) is 5.92 Å². The SMILES string of the molecule is CC1CCCC(NC(C)C(=O)OC(C)(C)C)CC1. The summed E-state index contributed by atoms with van der Waals surface area (Å²) in [5.41, 5.74) is -0.398. The summed E-state index contributed by atoms with van der Waals surface area (Å²) in [5, 5.41) is 3.43. The highest BCUT2D eigenvalue weighted by Crippen LogP contribution is 2.23. The molecule has 3 nitrogen and oxygen atoms in total. The summed E-state index contributed by atoms with van der Waals surface area (Å²) in [6.45, 7) is 9.95. The quantitative estimate of drug-likeness (QED) is 0.621. The topological polar surface area (TPSA) is 38.3 Å². The van der Waals surface area contributed by atoms with Gasteiger partial charge in [0.15, 0.2) is 0 Å². The van der Waals surface area contributed by atoms with Crippen LogP contribution >= 0.6 is 0 Å². The molecule has 106 valence electrons. The van der Waals surface area contributed by atoms with Crippen LogP contribution in [0.2, 0.25) is 0 Å². The van der Waals surface area contributed by atoms with E-state index in [2.05, 4.69) is 12.2 Å². The predicted molar refractivity (Wildman–Crippen MR) is 74.5 cm³/mol. The minimum atomic E-state index is -0.398. The Bertz CT molecular complexity index is 270. The van der Waals surface area contributed by atoms with Crippen LogP contribution in [0.3, 0.4) is 0 Å². The zero-order valence-corrected chi connectivity index (χ0v) is 12.6. The van der Waals surface area contributed by atoms with Crippen molar-refractivity contribution in [3.8, 4) is 0 Å². The number of rotatable bonds is 3. The third-order valence-electron chi connectivity index (χ3n) is 3.50. The highest BCUT2D eigenvalue weighted by Gasteiger charge is 2.24. The second-order valence-corrected chi connectivity index (χ2v) is 6.73. The summed E-state index contributed by atoms with van der Waals surface area (Å²) >= 11 is 0. The van der Waals surface area contributed by atoms with Crippen molar-refractivity contribution in [3.05, 3.63) is 0 Å². The van der Waals surface area contributed by atoms with Gasteiger partial charge in [0.05, 0.1) is 0 Å². The molecule has 1 rings (SSSR count). The Morgan fingerprint density at radius 3 is 2.50 bits per heavy atom. The lowest BCUT2D eigenvalue weighted by atomic mass is 10.0. The summed E-state index contributed by atoms with van der Waals surface area (Å²) in [6, 6.07) is 0.264. The van der Waals surface area contributed by atoms with Gasteiger partial charge in [-0.2, -0.15) is 0 Å². The molecule has 0 aromatic heterocycles. The van der Waals surface area contributed by atoms with Gasteiger partial charge in [0.2, 0.25) is 0 Å². The Balaban J connectivity index is 2.39. The van der Waals surface area contributed by atoms with Crippen molar-refractivity contribution in [2.24, 2.45) is 5.92 Å². The molecule has 3 unspecified atom stereocenters. The Morgan fingerprint density at radius 1 is 1.22 bits per heavy atom. The molecule has 0 bridgehead atoms. The molecule has 18 heavy (non-hydrogen) atoms. The molecule has 0 radical (unpaired) electrons. The minimum absolute atomic E-state index is 0.139. The number of ether oxygens (including phenoxy) is 1.